The van der Waals surface area contributed by atoms with Gasteiger partial charge in [0.15, 0.2) is 5.78 Å². The van der Waals surface area contributed by atoms with Crippen LogP contribution in [0.25, 0.3) is 5.70 Å². The van der Waals surface area contributed by atoms with Crippen molar-refractivity contribution in [2.45, 2.75) is 32.7 Å². The minimum absolute atomic E-state index is 0.0447. The normalized spacial score (nSPS) is 16.7. The number of allylic oxidation sites excluding steroid dienone is 1. The number of rotatable bonds is 3. The Morgan fingerprint density at radius 3 is 2.52 bits per heavy atom. The van der Waals surface area contributed by atoms with E-state index in [0.717, 1.165) is 28.9 Å². The largest absolute Gasteiger partial charge is 0.379 e. The van der Waals surface area contributed by atoms with Crippen molar-refractivity contribution in [3.63, 3.8) is 0 Å². The van der Waals surface area contributed by atoms with E-state index < -0.39 is 0 Å². The molecule has 1 amide bonds. The summed E-state index contributed by atoms with van der Waals surface area (Å²) in [6.07, 6.45) is 2.49. The van der Waals surface area contributed by atoms with Crippen LogP contribution in [0, 0.1) is 0 Å². The number of nitrogens with one attached hydrogen (secondary N) is 2. The van der Waals surface area contributed by atoms with E-state index in [1.165, 1.54) is 6.92 Å². The number of fused-ring (bicyclic) bond motifs is 1. The fourth-order valence-corrected chi connectivity index (χ4v) is 3.15. The highest BCUT2D eigenvalue weighted by Gasteiger charge is 2.28. The van der Waals surface area contributed by atoms with Crippen LogP contribution >= 0.6 is 0 Å². The predicted octanol–water partition coefficient (Wildman–Crippen LogP) is 3.79. The van der Waals surface area contributed by atoms with E-state index in [0.29, 0.717) is 5.56 Å². The third kappa shape index (κ3) is 3.97. The van der Waals surface area contributed by atoms with Gasteiger partial charge in [-0.15, -0.1) is 0 Å². The molecular weight excluding hydrogens is 312 g/mol. The standard InChI is InChI=1S/C21H22N2O2/c1-14(24)22-17-10-9-16-13-21(2,3)23-19(18(16)11-17)12-20(25)15-7-5-4-6-8-15/h4-12,23H,13H2,1-3H3,(H,22,24). The second-order valence-corrected chi connectivity index (χ2v) is 7.03. The van der Waals surface area contributed by atoms with Crippen molar-refractivity contribution in [3.05, 3.63) is 71.3 Å². The molecule has 0 spiro atoms. The highest BCUT2D eigenvalue weighted by molar-refractivity contribution is 6.08. The number of benzene rings is 2. The first-order valence-electron chi connectivity index (χ1n) is 8.34. The molecule has 1 aliphatic heterocycles. The molecule has 4 heteroatoms. The maximum Gasteiger partial charge on any atom is 0.221 e. The SMILES string of the molecule is CC(=O)Nc1ccc2c(c1)C(=CC(=O)c1ccccc1)NC(C)(C)C2. The molecule has 128 valence electrons. The van der Waals surface area contributed by atoms with Crippen molar-refractivity contribution in [2.24, 2.45) is 0 Å². The quantitative estimate of drug-likeness (QED) is 0.663. The fourth-order valence-electron chi connectivity index (χ4n) is 3.15. The Bertz CT molecular complexity index is 851. The Balaban J connectivity index is 2.03. The lowest BCUT2D eigenvalue weighted by atomic mass is 9.85. The Morgan fingerprint density at radius 1 is 1.12 bits per heavy atom. The summed E-state index contributed by atoms with van der Waals surface area (Å²) < 4.78 is 0. The van der Waals surface area contributed by atoms with Gasteiger partial charge in [-0.1, -0.05) is 36.4 Å². The second kappa shape index (κ2) is 6.55. The fraction of sp³-hybridized carbons (Fsp3) is 0.238. The number of ketones is 1. The van der Waals surface area contributed by atoms with Crippen LogP contribution in [0.3, 0.4) is 0 Å². The Hall–Kier alpha value is -2.88. The first-order valence-corrected chi connectivity index (χ1v) is 8.34. The number of anilines is 1. The summed E-state index contributed by atoms with van der Waals surface area (Å²) >= 11 is 0. The minimum atomic E-state index is -0.147. The maximum absolute atomic E-state index is 12.6. The Morgan fingerprint density at radius 2 is 1.84 bits per heavy atom. The zero-order chi connectivity index (χ0) is 18.0. The molecule has 0 aromatic heterocycles. The summed E-state index contributed by atoms with van der Waals surface area (Å²) in [5, 5.41) is 6.26. The van der Waals surface area contributed by atoms with Gasteiger partial charge in [0.1, 0.15) is 0 Å². The zero-order valence-electron chi connectivity index (χ0n) is 14.7. The summed E-state index contributed by atoms with van der Waals surface area (Å²) in [6, 6.07) is 15.1. The lowest BCUT2D eigenvalue weighted by Crippen LogP contribution is -2.43. The Kier molecular flexibility index (Phi) is 4.45. The summed E-state index contributed by atoms with van der Waals surface area (Å²) in [5.41, 5.74) is 4.13. The van der Waals surface area contributed by atoms with Gasteiger partial charge in [0.25, 0.3) is 0 Å². The molecule has 2 aromatic rings. The first kappa shape index (κ1) is 17.0. The van der Waals surface area contributed by atoms with Crippen LogP contribution in [-0.2, 0) is 11.2 Å². The number of carbonyl (C=O) groups excluding carboxylic acids is 2. The molecule has 0 saturated heterocycles. The van der Waals surface area contributed by atoms with E-state index in [2.05, 4.69) is 24.5 Å². The predicted molar refractivity (Wildman–Crippen MR) is 100 cm³/mol. The van der Waals surface area contributed by atoms with Gasteiger partial charge in [-0.05, 0) is 38.0 Å². The lowest BCUT2D eigenvalue weighted by molar-refractivity contribution is -0.114. The third-order valence-corrected chi connectivity index (χ3v) is 4.16. The molecule has 0 aliphatic carbocycles. The van der Waals surface area contributed by atoms with Gasteiger partial charge >= 0.3 is 0 Å². The molecule has 4 nitrogen and oxygen atoms in total. The van der Waals surface area contributed by atoms with Gasteiger partial charge in [0.2, 0.25) is 5.91 Å². The van der Waals surface area contributed by atoms with Gasteiger partial charge in [0.05, 0.1) is 0 Å². The van der Waals surface area contributed by atoms with Gasteiger partial charge in [-0.2, -0.15) is 0 Å². The molecule has 0 fully saturated rings. The van der Waals surface area contributed by atoms with Crippen molar-refractivity contribution in [1.29, 1.82) is 0 Å². The van der Waals surface area contributed by atoms with Gasteiger partial charge in [-0.25, -0.2) is 0 Å². The molecule has 2 aromatic carbocycles. The number of hydrogen-bond donors (Lipinski definition) is 2. The zero-order valence-corrected chi connectivity index (χ0v) is 14.7. The van der Waals surface area contributed by atoms with E-state index in [4.69, 9.17) is 0 Å². The van der Waals surface area contributed by atoms with Gasteiger partial charge in [0, 0.05) is 41.1 Å². The third-order valence-electron chi connectivity index (χ3n) is 4.16. The van der Waals surface area contributed by atoms with E-state index in [1.807, 2.05) is 48.5 Å². The van der Waals surface area contributed by atoms with Crippen molar-refractivity contribution in [2.75, 3.05) is 5.32 Å². The lowest BCUT2D eigenvalue weighted by Gasteiger charge is -2.36. The van der Waals surface area contributed by atoms with Crippen LogP contribution < -0.4 is 10.6 Å². The van der Waals surface area contributed by atoms with Crippen LogP contribution in [0.15, 0.2) is 54.6 Å². The molecule has 25 heavy (non-hydrogen) atoms. The molecule has 3 rings (SSSR count). The van der Waals surface area contributed by atoms with Crippen LogP contribution in [0.2, 0.25) is 0 Å². The second-order valence-electron chi connectivity index (χ2n) is 7.03. The van der Waals surface area contributed by atoms with E-state index in [1.54, 1.807) is 6.08 Å². The topological polar surface area (TPSA) is 58.2 Å². The first-order chi connectivity index (χ1) is 11.8. The molecule has 2 N–H and O–H groups in total. The molecule has 0 unspecified atom stereocenters. The average Bonchev–Trinajstić information content (AvgIpc) is 2.55. The van der Waals surface area contributed by atoms with Crippen LogP contribution in [-0.4, -0.2) is 17.2 Å². The number of amides is 1. The monoisotopic (exact) mass is 334 g/mol. The van der Waals surface area contributed by atoms with Gasteiger partial charge in [-0.3, -0.25) is 9.59 Å². The van der Waals surface area contributed by atoms with Crippen molar-refractivity contribution in [1.82, 2.24) is 5.32 Å². The van der Waals surface area contributed by atoms with E-state index in [9.17, 15) is 9.59 Å². The van der Waals surface area contributed by atoms with Crippen LogP contribution in [0.4, 0.5) is 5.69 Å². The molecule has 0 radical (unpaired) electrons. The highest BCUT2D eigenvalue weighted by atomic mass is 16.1. The minimum Gasteiger partial charge on any atom is -0.379 e. The van der Waals surface area contributed by atoms with Crippen LogP contribution in [0.5, 0.6) is 0 Å². The molecule has 1 aliphatic rings. The van der Waals surface area contributed by atoms with E-state index in [-0.39, 0.29) is 17.2 Å². The highest BCUT2D eigenvalue weighted by Crippen LogP contribution is 2.32. The Labute approximate surface area is 148 Å². The summed E-state index contributed by atoms with van der Waals surface area (Å²) in [6.45, 7) is 5.70. The molecule has 0 saturated carbocycles. The number of hydrogen-bond acceptors (Lipinski definition) is 3. The van der Waals surface area contributed by atoms with Gasteiger partial charge < -0.3 is 10.6 Å². The smallest absolute Gasteiger partial charge is 0.221 e. The summed E-state index contributed by atoms with van der Waals surface area (Å²) in [7, 11) is 0. The molecule has 0 atom stereocenters. The number of carbonyl (C=O) groups is 2. The van der Waals surface area contributed by atoms with Crippen LogP contribution in [0.1, 0.15) is 42.3 Å². The van der Waals surface area contributed by atoms with Crippen molar-refractivity contribution >= 4 is 23.1 Å². The molecule has 1 heterocycles. The summed E-state index contributed by atoms with van der Waals surface area (Å²) in [5.74, 6) is -0.161. The average molecular weight is 334 g/mol. The van der Waals surface area contributed by atoms with Crippen molar-refractivity contribution < 1.29 is 9.59 Å². The molecular formula is C21H22N2O2. The van der Waals surface area contributed by atoms with E-state index >= 15 is 0 Å². The van der Waals surface area contributed by atoms with Crippen molar-refractivity contribution in [3.8, 4) is 0 Å². The summed E-state index contributed by atoms with van der Waals surface area (Å²) in [4.78, 5) is 23.9. The molecule has 0 bridgehead atoms. The maximum atomic E-state index is 12.6.